The molecule has 0 aromatic rings. The Labute approximate surface area is 91.7 Å². The predicted octanol–water partition coefficient (Wildman–Crippen LogP) is 2.23. The van der Waals surface area contributed by atoms with Crippen molar-refractivity contribution in [2.75, 3.05) is 25.5 Å². The molecular formula is C10H20NO3P. The first-order valence-electron chi connectivity index (χ1n) is 5.31. The maximum absolute atomic E-state index is 12.1. The van der Waals surface area contributed by atoms with E-state index in [0.717, 1.165) is 0 Å². The highest BCUT2D eigenvalue weighted by Gasteiger charge is 2.23. The van der Waals surface area contributed by atoms with Crippen LogP contribution in [0.25, 0.3) is 0 Å². The van der Waals surface area contributed by atoms with Crippen molar-refractivity contribution in [1.82, 2.24) is 0 Å². The van der Waals surface area contributed by atoms with Crippen LogP contribution in [0.4, 0.5) is 0 Å². The minimum atomic E-state index is -2.62. The molecule has 0 fully saturated rings. The maximum atomic E-state index is 12.1. The molecule has 2 atom stereocenters. The third-order valence-corrected chi connectivity index (χ3v) is 4.85. The number of nitriles is 1. The van der Waals surface area contributed by atoms with Gasteiger partial charge >= 0.3 is 0 Å². The quantitative estimate of drug-likeness (QED) is 0.515. The number of hydrogen-bond donors (Lipinski definition) is 1. The van der Waals surface area contributed by atoms with Crippen LogP contribution in [0.2, 0.25) is 0 Å². The standard InChI is InChI=1S/C10H20NO3P/c1-3-15(13,9-10(2)8-11)14-7-5-4-6-12/h10,12H,3-7,9H2,1-2H3. The molecule has 0 aliphatic rings. The molecule has 0 saturated heterocycles. The molecule has 0 bridgehead atoms. The fourth-order valence-corrected chi connectivity index (χ4v) is 3.10. The highest BCUT2D eigenvalue weighted by molar-refractivity contribution is 7.58. The molecule has 15 heavy (non-hydrogen) atoms. The summed E-state index contributed by atoms with van der Waals surface area (Å²) in [6, 6.07) is 2.06. The molecule has 0 radical (unpaired) electrons. The zero-order valence-electron chi connectivity index (χ0n) is 9.48. The zero-order chi connectivity index (χ0) is 11.7. The fraction of sp³-hybridized carbons (Fsp3) is 0.900. The summed E-state index contributed by atoms with van der Waals surface area (Å²) in [6.45, 7) is 4.11. The molecule has 0 saturated carbocycles. The van der Waals surface area contributed by atoms with Crippen molar-refractivity contribution in [2.45, 2.75) is 26.7 Å². The average Bonchev–Trinajstić information content (AvgIpc) is 2.24. The molecule has 0 aromatic carbocycles. The van der Waals surface area contributed by atoms with Crippen LogP contribution in [0, 0.1) is 17.2 Å². The first kappa shape index (κ1) is 14.6. The van der Waals surface area contributed by atoms with Crippen molar-refractivity contribution in [2.24, 2.45) is 5.92 Å². The van der Waals surface area contributed by atoms with Crippen LogP contribution in [0.5, 0.6) is 0 Å². The molecule has 0 heterocycles. The second kappa shape index (κ2) is 7.87. The summed E-state index contributed by atoms with van der Waals surface area (Å²) in [5.74, 6) is -0.228. The first-order valence-corrected chi connectivity index (χ1v) is 7.30. The van der Waals surface area contributed by atoms with Crippen molar-refractivity contribution in [3.05, 3.63) is 0 Å². The van der Waals surface area contributed by atoms with E-state index in [-0.39, 0.29) is 12.5 Å². The second-order valence-corrected chi connectivity index (χ2v) is 6.49. The zero-order valence-corrected chi connectivity index (χ0v) is 10.4. The summed E-state index contributed by atoms with van der Waals surface area (Å²) < 4.78 is 17.4. The van der Waals surface area contributed by atoms with Crippen molar-refractivity contribution in [1.29, 1.82) is 5.26 Å². The Balaban J connectivity index is 3.98. The Morgan fingerprint density at radius 3 is 2.67 bits per heavy atom. The van der Waals surface area contributed by atoms with Crippen LogP contribution in [-0.4, -0.2) is 30.6 Å². The van der Waals surface area contributed by atoms with E-state index in [1.54, 1.807) is 6.92 Å². The molecule has 4 nitrogen and oxygen atoms in total. The lowest BCUT2D eigenvalue weighted by Gasteiger charge is -2.17. The van der Waals surface area contributed by atoms with E-state index in [1.807, 2.05) is 6.92 Å². The SMILES string of the molecule is CCP(=O)(CC(C)C#N)OCCCCO. The van der Waals surface area contributed by atoms with Gasteiger partial charge in [-0.1, -0.05) is 6.92 Å². The normalized spacial score (nSPS) is 16.7. The molecule has 0 rings (SSSR count). The molecule has 88 valence electrons. The van der Waals surface area contributed by atoms with Crippen LogP contribution in [0.1, 0.15) is 26.7 Å². The lowest BCUT2D eigenvalue weighted by atomic mass is 10.3. The average molecular weight is 233 g/mol. The second-order valence-electron chi connectivity index (χ2n) is 3.61. The maximum Gasteiger partial charge on any atom is 0.204 e. The Morgan fingerprint density at radius 2 is 2.20 bits per heavy atom. The number of aliphatic hydroxyl groups is 1. The number of aliphatic hydroxyl groups excluding tert-OH is 1. The smallest absolute Gasteiger partial charge is 0.204 e. The summed E-state index contributed by atoms with van der Waals surface area (Å²) in [5, 5.41) is 17.2. The van der Waals surface area contributed by atoms with E-state index in [4.69, 9.17) is 14.9 Å². The van der Waals surface area contributed by atoms with E-state index in [1.165, 1.54) is 0 Å². The van der Waals surface area contributed by atoms with E-state index in [9.17, 15) is 4.57 Å². The minimum absolute atomic E-state index is 0.133. The van der Waals surface area contributed by atoms with E-state index in [2.05, 4.69) is 6.07 Å². The molecule has 0 aliphatic heterocycles. The van der Waals surface area contributed by atoms with Crippen molar-refractivity contribution in [3.63, 3.8) is 0 Å². The van der Waals surface area contributed by atoms with Crippen molar-refractivity contribution < 1.29 is 14.2 Å². The van der Waals surface area contributed by atoms with E-state index < -0.39 is 7.37 Å². The summed E-state index contributed by atoms with van der Waals surface area (Å²) >= 11 is 0. The molecule has 1 N–H and O–H groups in total. The van der Waals surface area contributed by atoms with Crippen LogP contribution < -0.4 is 0 Å². The van der Waals surface area contributed by atoms with Gasteiger partial charge in [0.25, 0.3) is 0 Å². The molecule has 0 aliphatic carbocycles. The number of hydrogen-bond acceptors (Lipinski definition) is 4. The van der Waals surface area contributed by atoms with Crippen LogP contribution in [0.15, 0.2) is 0 Å². The number of nitrogens with zero attached hydrogens (tertiary/aromatic N) is 1. The monoisotopic (exact) mass is 233 g/mol. The predicted molar refractivity (Wildman–Crippen MR) is 60.1 cm³/mol. The van der Waals surface area contributed by atoms with Crippen molar-refractivity contribution in [3.8, 4) is 6.07 Å². The highest BCUT2D eigenvalue weighted by atomic mass is 31.2. The summed E-state index contributed by atoms with van der Waals surface area (Å²) in [6.07, 6.45) is 2.18. The van der Waals surface area contributed by atoms with Gasteiger partial charge in [0.1, 0.15) is 0 Å². The molecular weight excluding hydrogens is 213 g/mol. The Bertz CT molecular complexity index is 250. The van der Waals surface area contributed by atoms with Gasteiger partial charge in [0.05, 0.1) is 18.6 Å². The van der Waals surface area contributed by atoms with Gasteiger partial charge in [-0.2, -0.15) is 5.26 Å². The van der Waals surface area contributed by atoms with Gasteiger partial charge in [0, 0.05) is 18.9 Å². The van der Waals surface area contributed by atoms with Crippen LogP contribution in [0.3, 0.4) is 0 Å². The molecule has 0 aromatic heterocycles. The van der Waals surface area contributed by atoms with Gasteiger partial charge in [-0.15, -0.1) is 0 Å². The summed E-state index contributed by atoms with van der Waals surface area (Å²) in [7, 11) is -2.62. The summed E-state index contributed by atoms with van der Waals surface area (Å²) in [5.41, 5.74) is 0. The third-order valence-electron chi connectivity index (χ3n) is 2.13. The highest BCUT2D eigenvalue weighted by Crippen LogP contribution is 2.48. The summed E-state index contributed by atoms with van der Waals surface area (Å²) in [4.78, 5) is 0. The van der Waals surface area contributed by atoms with Gasteiger partial charge in [-0.05, 0) is 19.8 Å². The van der Waals surface area contributed by atoms with E-state index in [0.29, 0.717) is 31.8 Å². The fourth-order valence-electron chi connectivity index (χ4n) is 1.18. The van der Waals surface area contributed by atoms with E-state index >= 15 is 0 Å². The third kappa shape index (κ3) is 6.67. The van der Waals surface area contributed by atoms with Gasteiger partial charge < -0.3 is 9.63 Å². The topological polar surface area (TPSA) is 70.3 Å². The largest absolute Gasteiger partial charge is 0.396 e. The molecule has 0 amide bonds. The van der Waals surface area contributed by atoms with Gasteiger partial charge in [0.15, 0.2) is 0 Å². The van der Waals surface area contributed by atoms with Crippen molar-refractivity contribution >= 4 is 7.37 Å². The first-order chi connectivity index (χ1) is 7.08. The molecule has 0 spiro atoms. The molecule has 5 heteroatoms. The number of rotatable bonds is 8. The van der Waals surface area contributed by atoms with Gasteiger partial charge in [-0.25, -0.2) is 0 Å². The Morgan fingerprint density at radius 1 is 1.53 bits per heavy atom. The van der Waals surface area contributed by atoms with Crippen LogP contribution in [-0.2, 0) is 9.09 Å². The Hall–Kier alpha value is -0.360. The van der Waals surface area contributed by atoms with Gasteiger partial charge in [0.2, 0.25) is 7.37 Å². The lowest BCUT2D eigenvalue weighted by molar-refractivity contribution is 0.253. The lowest BCUT2D eigenvalue weighted by Crippen LogP contribution is -2.06. The molecule has 2 unspecified atom stereocenters. The van der Waals surface area contributed by atoms with Gasteiger partial charge in [-0.3, -0.25) is 4.57 Å². The number of unbranched alkanes of at least 4 members (excludes halogenated alkanes) is 1. The minimum Gasteiger partial charge on any atom is -0.396 e. The Kier molecular flexibility index (Phi) is 7.68. The van der Waals surface area contributed by atoms with Crippen LogP contribution >= 0.6 is 7.37 Å².